The van der Waals surface area contributed by atoms with Crippen LogP contribution in [0.1, 0.15) is 12.8 Å². The average molecular weight is 395 g/mol. The Morgan fingerprint density at radius 3 is 2.68 bits per heavy atom. The Morgan fingerprint density at radius 1 is 1.11 bits per heavy atom. The topological polar surface area (TPSA) is 58.6 Å². The quantitative estimate of drug-likeness (QED) is 0.683. The third kappa shape index (κ3) is 3.25. The van der Waals surface area contributed by atoms with Gasteiger partial charge in [0.1, 0.15) is 23.1 Å². The first-order chi connectivity index (χ1) is 13.8. The van der Waals surface area contributed by atoms with E-state index in [1.165, 1.54) is 10.4 Å². The number of fused-ring (bicyclic) bond motifs is 1. The van der Waals surface area contributed by atoms with Crippen molar-refractivity contribution in [2.24, 2.45) is 0 Å². The lowest BCUT2D eigenvalue weighted by Crippen LogP contribution is -2.51. The number of anilines is 1. The third-order valence-corrected chi connectivity index (χ3v) is 6.55. The fraction of sp³-hybridized carbons (Fsp3) is 0.381. The maximum Gasteiger partial charge on any atom is 0.251 e. The Kier molecular flexibility index (Phi) is 4.70. The van der Waals surface area contributed by atoms with Crippen molar-refractivity contribution in [2.45, 2.75) is 18.9 Å². The Balaban J connectivity index is 1.35. The van der Waals surface area contributed by atoms with E-state index in [-0.39, 0.29) is 12.0 Å². The molecule has 7 heteroatoms. The van der Waals surface area contributed by atoms with E-state index in [1.807, 2.05) is 11.0 Å². The molecule has 2 fully saturated rings. The van der Waals surface area contributed by atoms with Gasteiger partial charge in [-0.1, -0.05) is 30.3 Å². The van der Waals surface area contributed by atoms with Crippen LogP contribution in [0.3, 0.4) is 0 Å². The monoisotopic (exact) mass is 394 g/mol. The van der Waals surface area contributed by atoms with Gasteiger partial charge < -0.3 is 14.5 Å². The molecule has 1 amide bonds. The number of nitrogens with zero attached hydrogens (tertiary/aromatic N) is 4. The second kappa shape index (κ2) is 7.48. The second-order valence-electron chi connectivity index (χ2n) is 7.21. The maximum absolute atomic E-state index is 12.6. The lowest BCUT2D eigenvalue weighted by atomic mass is 10.1. The lowest BCUT2D eigenvalue weighted by molar-refractivity contribution is -0.141. The van der Waals surface area contributed by atoms with Crippen LogP contribution in [0.15, 0.2) is 42.7 Å². The van der Waals surface area contributed by atoms with Gasteiger partial charge in [0, 0.05) is 37.7 Å². The number of hydrogen-bond acceptors (Lipinski definition) is 6. The summed E-state index contributed by atoms with van der Waals surface area (Å²) in [6.07, 6.45) is 3.25. The summed E-state index contributed by atoms with van der Waals surface area (Å²) in [6, 6.07) is 12.6. The van der Waals surface area contributed by atoms with E-state index in [4.69, 9.17) is 4.74 Å². The Bertz CT molecular complexity index is 976. The van der Waals surface area contributed by atoms with Crippen LogP contribution in [0.25, 0.3) is 20.7 Å². The van der Waals surface area contributed by atoms with Crippen molar-refractivity contribution in [3.63, 3.8) is 0 Å². The van der Waals surface area contributed by atoms with Crippen LogP contribution in [0, 0.1) is 0 Å². The zero-order valence-corrected chi connectivity index (χ0v) is 16.4. The molecule has 3 aromatic rings. The lowest BCUT2D eigenvalue weighted by Gasteiger charge is -2.36. The summed E-state index contributed by atoms with van der Waals surface area (Å²) in [6.45, 7) is 3.68. The summed E-state index contributed by atoms with van der Waals surface area (Å²) < 4.78 is 5.56. The number of amides is 1. The minimum atomic E-state index is -0.234. The van der Waals surface area contributed by atoms with Crippen LogP contribution in [-0.2, 0) is 9.53 Å². The van der Waals surface area contributed by atoms with E-state index in [2.05, 4.69) is 45.2 Å². The van der Waals surface area contributed by atoms with Gasteiger partial charge in [0.05, 0.1) is 5.39 Å². The van der Waals surface area contributed by atoms with Crippen molar-refractivity contribution in [1.29, 1.82) is 0 Å². The molecule has 0 N–H and O–H groups in total. The number of piperazine rings is 1. The molecule has 1 atom stereocenters. The van der Waals surface area contributed by atoms with E-state index < -0.39 is 0 Å². The number of hydrogen-bond donors (Lipinski definition) is 0. The molecule has 2 saturated heterocycles. The van der Waals surface area contributed by atoms with E-state index in [0.717, 1.165) is 42.0 Å². The number of thiophene rings is 1. The summed E-state index contributed by atoms with van der Waals surface area (Å²) in [5.74, 6) is 1.11. The normalized spacial score (nSPS) is 20.1. The predicted octanol–water partition coefficient (Wildman–Crippen LogP) is 3.19. The van der Waals surface area contributed by atoms with Gasteiger partial charge in [-0.25, -0.2) is 9.97 Å². The molecule has 0 aliphatic carbocycles. The summed E-state index contributed by atoms with van der Waals surface area (Å²) in [7, 11) is 0. The predicted molar refractivity (Wildman–Crippen MR) is 111 cm³/mol. The molecule has 1 aromatic carbocycles. The SMILES string of the molecule is O=C(C1CCCO1)N1CCN(c2ncnc3sc(-c4ccccc4)cc23)CC1. The van der Waals surface area contributed by atoms with E-state index >= 15 is 0 Å². The van der Waals surface area contributed by atoms with Crippen molar-refractivity contribution in [3.8, 4) is 10.4 Å². The van der Waals surface area contributed by atoms with E-state index in [9.17, 15) is 4.79 Å². The van der Waals surface area contributed by atoms with Gasteiger partial charge in [-0.3, -0.25) is 4.79 Å². The van der Waals surface area contributed by atoms with Crippen molar-refractivity contribution in [1.82, 2.24) is 14.9 Å². The van der Waals surface area contributed by atoms with Crippen LogP contribution in [-0.4, -0.2) is 59.7 Å². The molecule has 2 aromatic heterocycles. The molecule has 0 bridgehead atoms. The fourth-order valence-electron chi connectivity index (χ4n) is 3.95. The van der Waals surface area contributed by atoms with Crippen LogP contribution in [0.2, 0.25) is 0 Å². The molecule has 5 rings (SSSR count). The van der Waals surface area contributed by atoms with Crippen LogP contribution in [0.5, 0.6) is 0 Å². The van der Waals surface area contributed by atoms with Crippen LogP contribution < -0.4 is 4.90 Å². The van der Waals surface area contributed by atoms with Crippen molar-refractivity contribution >= 4 is 33.3 Å². The number of rotatable bonds is 3. The van der Waals surface area contributed by atoms with Gasteiger partial charge in [0.15, 0.2) is 0 Å². The standard InChI is InChI=1S/C21H22N4O2S/c26-21(17-7-4-12-27-17)25-10-8-24(9-11-25)19-16-13-18(15-5-2-1-3-6-15)28-20(16)23-14-22-19/h1-3,5-6,13-14,17H,4,7-12H2. The number of aromatic nitrogens is 2. The highest BCUT2D eigenvalue weighted by Crippen LogP contribution is 2.36. The Hall–Kier alpha value is -2.51. The molecule has 1 unspecified atom stereocenters. The van der Waals surface area contributed by atoms with Gasteiger partial charge >= 0.3 is 0 Å². The number of carbonyl (C=O) groups is 1. The molecule has 2 aliphatic rings. The molecule has 0 spiro atoms. The molecular weight excluding hydrogens is 372 g/mol. The summed E-state index contributed by atoms with van der Waals surface area (Å²) >= 11 is 1.69. The molecular formula is C21H22N4O2S. The summed E-state index contributed by atoms with van der Waals surface area (Å²) in [4.78, 5) is 28.0. The minimum absolute atomic E-state index is 0.145. The summed E-state index contributed by atoms with van der Waals surface area (Å²) in [5.41, 5.74) is 1.20. The number of carbonyl (C=O) groups excluding carboxylic acids is 1. The first kappa shape index (κ1) is 17.6. The zero-order valence-electron chi connectivity index (χ0n) is 15.6. The Morgan fingerprint density at radius 2 is 1.93 bits per heavy atom. The van der Waals surface area contributed by atoms with Gasteiger partial charge in [0.25, 0.3) is 5.91 Å². The zero-order chi connectivity index (χ0) is 18.9. The third-order valence-electron chi connectivity index (χ3n) is 5.46. The second-order valence-corrected chi connectivity index (χ2v) is 8.24. The first-order valence-electron chi connectivity index (χ1n) is 9.75. The van der Waals surface area contributed by atoms with Crippen LogP contribution >= 0.6 is 11.3 Å². The Labute approximate surface area is 167 Å². The van der Waals surface area contributed by atoms with E-state index in [1.54, 1.807) is 17.7 Å². The van der Waals surface area contributed by atoms with Crippen molar-refractivity contribution in [2.75, 3.05) is 37.7 Å². The fourth-order valence-corrected chi connectivity index (χ4v) is 4.95. The van der Waals surface area contributed by atoms with Gasteiger partial charge in [-0.15, -0.1) is 11.3 Å². The van der Waals surface area contributed by atoms with Crippen molar-refractivity contribution in [3.05, 3.63) is 42.7 Å². The number of ether oxygens (including phenoxy) is 1. The molecule has 4 heterocycles. The number of benzene rings is 1. The van der Waals surface area contributed by atoms with Gasteiger partial charge in [-0.05, 0) is 24.5 Å². The smallest absolute Gasteiger partial charge is 0.251 e. The maximum atomic E-state index is 12.6. The highest BCUT2D eigenvalue weighted by Gasteiger charge is 2.31. The summed E-state index contributed by atoms with van der Waals surface area (Å²) in [5, 5.41) is 1.09. The molecule has 0 saturated carbocycles. The molecule has 28 heavy (non-hydrogen) atoms. The van der Waals surface area contributed by atoms with Crippen molar-refractivity contribution < 1.29 is 9.53 Å². The molecule has 2 aliphatic heterocycles. The highest BCUT2D eigenvalue weighted by atomic mass is 32.1. The van der Waals surface area contributed by atoms with E-state index in [0.29, 0.717) is 19.7 Å². The molecule has 0 radical (unpaired) electrons. The van der Waals surface area contributed by atoms with Gasteiger partial charge in [-0.2, -0.15) is 0 Å². The molecule has 6 nitrogen and oxygen atoms in total. The van der Waals surface area contributed by atoms with Crippen LogP contribution in [0.4, 0.5) is 5.82 Å². The van der Waals surface area contributed by atoms with Gasteiger partial charge in [0.2, 0.25) is 0 Å². The minimum Gasteiger partial charge on any atom is -0.368 e. The largest absolute Gasteiger partial charge is 0.368 e. The highest BCUT2D eigenvalue weighted by molar-refractivity contribution is 7.21. The molecule has 144 valence electrons. The first-order valence-corrected chi connectivity index (χ1v) is 10.6. The average Bonchev–Trinajstić information content (AvgIpc) is 3.44.